The lowest BCUT2D eigenvalue weighted by Gasteiger charge is -2.04. The summed E-state index contributed by atoms with van der Waals surface area (Å²) in [6.45, 7) is 4.55. The van der Waals surface area contributed by atoms with Crippen molar-refractivity contribution in [1.82, 2.24) is 0 Å². The molecule has 0 amide bonds. The average Bonchev–Trinajstić information content (AvgIpc) is 2.96. The quantitative estimate of drug-likeness (QED) is 0.0965. The lowest BCUT2D eigenvalue weighted by molar-refractivity contribution is 0.426. The monoisotopic (exact) mass is 614 g/mol. The van der Waals surface area contributed by atoms with Crippen molar-refractivity contribution in [2.45, 2.75) is 155 Å². The molecular formula is C36H60BBrO2. The average molecular weight is 616 g/mol. The van der Waals surface area contributed by atoms with Crippen molar-refractivity contribution in [2.75, 3.05) is 0 Å². The summed E-state index contributed by atoms with van der Waals surface area (Å²) < 4.78 is 1.18. The van der Waals surface area contributed by atoms with Gasteiger partial charge in [-0.1, -0.05) is 182 Å². The Morgan fingerprint density at radius 3 is 1.07 bits per heavy atom. The number of halogens is 1. The standard InChI is InChI=1S/C18H31BO2.C18H29Br/c1-2-3-4-5-6-7-8-9-10-11-12-17-13-15-18(16-14-17)19(20)21;1-2-3-4-5-6-7-8-9-10-11-12-17-13-15-18(19)16-14-17/h13-16,20-21H,2-12H2,1H3;13-16H,2-12H2,1H3. The highest BCUT2D eigenvalue weighted by molar-refractivity contribution is 9.10. The number of unbranched alkanes of at least 4 members (excludes halogenated alkanes) is 18. The highest BCUT2D eigenvalue weighted by atomic mass is 79.9. The number of aryl methyl sites for hydroxylation is 2. The van der Waals surface area contributed by atoms with E-state index < -0.39 is 7.12 Å². The van der Waals surface area contributed by atoms with Crippen LogP contribution in [0.1, 0.15) is 153 Å². The van der Waals surface area contributed by atoms with E-state index in [2.05, 4.69) is 54.0 Å². The Labute approximate surface area is 257 Å². The fourth-order valence-electron chi connectivity index (χ4n) is 5.14. The molecule has 2 rings (SSSR count). The lowest BCUT2D eigenvalue weighted by atomic mass is 9.80. The Kier molecular flexibility index (Phi) is 24.7. The molecule has 0 atom stereocenters. The Hall–Kier alpha value is -1.10. The summed E-state index contributed by atoms with van der Waals surface area (Å²) in [6.07, 6.45) is 30.1. The van der Waals surface area contributed by atoms with Gasteiger partial charge < -0.3 is 10.0 Å². The van der Waals surface area contributed by atoms with E-state index in [0.29, 0.717) is 5.46 Å². The zero-order chi connectivity index (χ0) is 29.1. The maximum absolute atomic E-state index is 9.03. The van der Waals surface area contributed by atoms with Crippen LogP contribution in [0.15, 0.2) is 53.0 Å². The minimum absolute atomic E-state index is 0.571. The zero-order valence-corrected chi connectivity index (χ0v) is 27.6. The first-order chi connectivity index (χ1) is 19.6. The normalized spacial score (nSPS) is 10.8. The van der Waals surface area contributed by atoms with Crippen molar-refractivity contribution < 1.29 is 10.0 Å². The summed E-state index contributed by atoms with van der Waals surface area (Å²) in [5.41, 5.74) is 3.34. The third-order valence-corrected chi connectivity index (χ3v) is 8.36. The van der Waals surface area contributed by atoms with E-state index in [9.17, 15) is 0 Å². The Morgan fingerprint density at radius 1 is 0.450 bits per heavy atom. The molecule has 2 aromatic rings. The molecule has 0 aromatic heterocycles. The van der Waals surface area contributed by atoms with Gasteiger partial charge in [-0.15, -0.1) is 0 Å². The van der Waals surface area contributed by atoms with E-state index in [1.165, 1.54) is 150 Å². The lowest BCUT2D eigenvalue weighted by Crippen LogP contribution is -2.29. The van der Waals surface area contributed by atoms with Gasteiger partial charge in [0.1, 0.15) is 0 Å². The van der Waals surface area contributed by atoms with E-state index in [4.69, 9.17) is 10.0 Å². The van der Waals surface area contributed by atoms with Crippen molar-refractivity contribution in [3.8, 4) is 0 Å². The smallest absolute Gasteiger partial charge is 0.423 e. The molecule has 0 unspecified atom stereocenters. The zero-order valence-electron chi connectivity index (χ0n) is 26.0. The largest absolute Gasteiger partial charge is 0.488 e. The molecule has 40 heavy (non-hydrogen) atoms. The SMILES string of the molecule is CCCCCCCCCCCCc1ccc(B(O)O)cc1.CCCCCCCCCCCCc1ccc(Br)cc1. The first-order valence-electron chi connectivity index (χ1n) is 16.8. The number of hydrogen-bond donors (Lipinski definition) is 2. The summed E-state index contributed by atoms with van der Waals surface area (Å²) in [4.78, 5) is 0. The second-order valence-corrected chi connectivity index (χ2v) is 12.5. The molecule has 0 bridgehead atoms. The van der Waals surface area contributed by atoms with Crippen LogP contribution in [0, 0.1) is 0 Å². The predicted molar refractivity (Wildman–Crippen MR) is 182 cm³/mol. The molecule has 2 aromatic carbocycles. The third kappa shape index (κ3) is 21.6. The van der Waals surface area contributed by atoms with Gasteiger partial charge in [-0.05, 0) is 54.4 Å². The maximum Gasteiger partial charge on any atom is 0.488 e. The van der Waals surface area contributed by atoms with E-state index in [1.807, 2.05) is 12.1 Å². The van der Waals surface area contributed by atoms with Gasteiger partial charge in [-0.25, -0.2) is 0 Å². The van der Waals surface area contributed by atoms with Crippen LogP contribution >= 0.6 is 15.9 Å². The van der Waals surface area contributed by atoms with Gasteiger partial charge in [0, 0.05) is 4.47 Å². The molecule has 0 heterocycles. The fraction of sp³-hybridized carbons (Fsp3) is 0.667. The number of rotatable bonds is 23. The summed E-state index contributed by atoms with van der Waals surface area (Å²) in [5, 5.41) is 18.1. The Morgan fingerprint density at radius 2 is 0.750 bits per heavy atom. The van der Waals surface area contributed by atoms with Crippen LogP contribution < -0.4 is 5.46 Å². The van der Waals surface area contributed by atoms with Crippen LogP contribution in [0.3, 0.4) is 0 Å². The van der Waals surface area contributed by atoms with E-state index >= 15 is 0 Å². The first kappa shape index (κ1) is 36.9. The molecule has 0 aliphatic rings. The minimum Gasteiger partial charge on any atom is -0.423 e. The van der Waals surface area contributed by atoms with Crippen molar-refractivity contribution in [1.29, 1.82) is 0 Å². The van der Waals surface area contributed by atoms with Gasteiger partial charge in [0.15, 0.2) is 0 Å². The molecule has 2 nitrogen and oxygen atoms in total. The molecule has 0 fully saturated rings. The molecule has 0 saturated heterocycles. The number of hydrogen-bond acceptors (Lipinski definition) is 2. The van der Waals surface area contributed by atoms with Crippen LogP contribution in [-0.2, 0) is 12.8 Å². The third-order valence-electron chi connectivity index (χ3n) is 7.83. The summed E-state index contributed by atoms with van der Waals surface area (Å²) in [7, 11) is -1.35. The van der Waals surface area contributed by atoms with Crippen LogP contribution in [0.5, 0.6) is 0 Å². The van der Waals surface area contributed by atoms with Crippen LogP contribution in [-0.4, -0.2) is 17.2 Å². The van der Waals surface area contributed by atoms with Crippen LogP contribution in [0.4, 0.5) is 0 Å². The van der Waals surface area contributed by atoms with Gasteiger partial charge >= 0.3 is 7.12 Å². The summed E-state index contributed by atoms with van der Waals surface area (Å²) in [6, 6.07) is 16.4. The summed E-state index contributed by atoms with van der Waals surface area (Å²) in [5.74, 6) is 0. The van der Waals surface area contributed by atoms with Crippen molar-refractivity contribution in [2.24, 2.45) is 0 Å². The van der Waals surface area contributed by atoms with Crippen molar-refractivity contribution >= 4 is 28.5 Å². The Balaban J connectivity index is 0.000000402. The molecular weight excluding hydrogens is 555 g/mol. The molecule has 0 radical (unpaired) electrons. The highest BCUT2D eigenvalue weighted by Crippen LogP contribution is 2.15. The number of benzene rings is 2. The molecule has 0 saturated carbocycles. The molecule has 0 aliphatic heterocycles. The topological polar surface area (TPSA) is 40.5 Å². The van der Waals surface area contributed by atoms with Crippen molar-refractivity contribution in [3.05, 3.63) is 64.1 Å². The van der Waals surface area contributed by atoms with E-state index in [1.54, 1.807) is 12.1 Å². The second kappa shape index (κ2) is 26.8. The predicted octanol–water partition coefficient (Wildman–Crippen LogP) is 10.7. The molecule has 0 aliphatic carbocycles. The van der Waals surface area contributed by atoms with Gasteiger partial charge in [0.05, 0.1) is 0 Å². The first-order valence-corrected chi connectivity index (χ1v) is 17.6. The highest BCUT2D eigenvalue weighted by Gasteiger charge is 2.09. The maximum atomic E-state index is 9.03. The van der Waals surface area contributed by atoms with E-state index in [0.717, 1.165) is 6.42 Å². The summed E-state index contributed by atoms with van der Waals surface area (Å²) >= 11 is 3.48. The Bertz CT molecular complexity index is 791. The van der Waals surface area contributed by atoms with Crippen LogP contribution in [0.2, 0.25) is 0 Å². The second-order valence-electron chi connectivity index (χ2n) is 11.6. The van der Waals surface area contributed by atoms with Gasteiger partial charge in [-0.3, -0.25) is 0 Å². The minimum atomic E-state index is -1.35. The molecule has 4 heteroatoms. The molecule has 2 N–H and O–H groups in total. The van der Waals surface area contributed by atoms with E-state index in [-0.39, 0.29) is 0 Å². The van der Waals surface area contributed by atoms with Gasteiger partial charge in [0.2, 0.25) is 0 Å². The van der Waals surface area contributed by atoms with Gasteiger partial charge in [-0.2, -0.15) is 0 Å². The van der Waals surface area contributed by atoms with Crippen LogP contribution in [0.25, 0.3) is 0 Å². The molecule has 226 valence electrons. The van der Waals surface area contributed by atoms with Gasteiger partial charge in [0.25, 0.3) is 0 Å². The van der Waals surface area contributed by atoms with Crippen molar-refractivity contribution in [3.63, 3.8) is 0 Å². The molecule has 0 spiro atoms. The fourth-order valence-corrected chi connectivity index (χ4v) is 5.40.